The van der Waals surface area contributed by atoms with E-state index in [1.165, 1.54) is 141 Å². The Hall–Kier alpha value is -0.190. The summed E-state index contributed by atoms with van der Waals surface area (Å²) in [5, 5.41) is 39.3. The summed E-state index contributed by atoms with van der Waals surface area (Å²) in [4.78, 5) is 37.9. The van der Waals surface area contributed by atoms with Crippen LogP contribution < -0.4 is 34.5 Å². The van der Waals surface area contributed by atoms with Crippen LogP contribution in [-0.4, -0.2) is 102 Å². The van der Waals surface area contributed by atoms with Crippen molar-refractivity contribution in [2.24, 2.45) is 0 Å². The molecule has 6 unspecified atom stereocenters. The first kappa shape index (κ1) is 63.8. The predicted octanol–water partition coefficient (Wildman–Crippen LogP) is 6.68. The molecule has 1 saturated heterocycles. The number of phosphoric ester groups is 1. The van der Waals surface area contributed by atoms with Gasteiger partial charge in [0, 0.05) is 12.8 Å². The zero-order valence-corrected chi connectivity index (χ0v) is 43.5. The van der Waals surface area contributed by atoms with Gasteiger partial charge in [0.1, 0.15) is 31.0 Å². The number of unbranched alkanes of at least 4 members (excludes halogenated alkanes) is 28. The van der Waals surface area contributed by atoms with Crippen molar-refractivity contribution in [2.75, 3.05) is 33.0 Å². The van der Waals surface area contributed by atoms with Crippen molar-refractivity contribution in [3.05, 3.63) is 0 Å². The van der Waals surface area contributed by atoms with Gasteiger partial charge in [-0.15, -0.1) is 0 Å². The van der Waals surface area contributed by atoms with Gasteiger partial charge in [-0.25, -0.2) is 0 Å². The molecular weight excluding hydrogens is 854 g/mol. The van der Waals surface area contributed by atoms with Gasteiger partial charge >= 0.3 is 41.5 Å². The normalized spacial score (nSPS) is 20.1. The molecular formula is C48H92NaO14P. The van der Waals surface area contributed by atoms with Crippen LogP contribution in [0.15, 0.2) is 0 Å². The molecule has 0 aromatic heterocycles. The molecule has 1 aliphatic rings. The number of rotatable bonds is 45. The summed E-state index contributed by atoms with van der Waals surface area (Å²) in [6.07, 6.45) is 28.3. The number of esters is 2. The molecule has 1 heterocycles. The topological polar surface area (TPSA) is 211 Å². The minimum atomic E-state index is -4.88. The molecule has 0 spiro atoms. The zero-order chi connectivity index (χ0) is 46.2. The largest absolute Gasteiger partial charge is 1.00 e. The number of hydrogen-bond acceptors (Lipinski definition) is 14. The molecule has 0 aromatic carbocycles. The van der Waals surface area contributed by atoms with E-state index in [0.717, 1.165) is 38.5 Å². The first-order chi connectivity index (χ1) is 30.5. The second-order valence-corrected chi connectivity index (χ2v) is 19.1. The Morgan fingerprint density at radius 3 is 1.38 bits per heavy atom. The van der Waals surface area contributed by atoms with Gasteiger partial charge in [-0.1, -0.05) is 194 Å². The van der Waals surface area contributed by atoms with Crippen LogP contribution in [0.2, 0.25) is 0 Å². The number of carbonyl (C=O) groups is 2. The van der Waals surface area contributed by atoms with Crippen LogP contribution in [0.3, 0.4) is 0 Å². The molecule has 0 bridgehead atoms. The van der Waals surface area contributed by atoms with Gasteiger partial charge < -0.3 is 53.3 Å². The summed E-state index contributed by atoms with van der Waals surface area (Å²) in [5.41, 5.74) is 0. The summed E-state index contributed by atoms with van der Waals surface area (Å²) in [5.74, 6) is -0.974. The van der Waals surface area contributed by atoms with E-state index in [-0.39, 0.29) is 68.6 Å². The van der Waals surface area contributed by atoms with Gasteiger partial charge in [0.25, 0.3) is 7.82 Å². The zero-order valence-electron chi connectivity index (χ0n) is 40.7. The summed E-state index contributed by atoms with van der Waals surface area (Å²) in [6, 6.07) is 0. The average molecular weight is 947 g/mol. The van der Waals surface area contributed by atoms with E-state index >= 15 is 0 Å². The summed E-state index contributed by atoms with van der Waals surface area (Å²) in [7, 11) is -4.88. The third-order valence-electron chi connectivity index (χ3n) is 11.8. The average Bonchev–Trinajstić information content (AvgIpc) is 3.27. The molecule has 0 saturated carbocycles. The molecule has 7 atom stereocenters. The van der Waals surface area contributed by atoms with Crippen LogP contribution in [0.1, 0.15) is 226 Å². The standard InChI is InChI=1S/C48H93O14P.Na/c1-3-5-7-9-11-13-15-17-19-21-23-25-27-29-31-34-43(50)58-39-41(61-44(51)35-32-30-28-26-24-22-20-18-16-14-12-10-8-6-4-2)40-60-63(55,56)59-37-33-36-57-48-47(54)46(53)45(52)42(38-49)62-48;/h41-42,45-49,52-54H,3-40H2,1-2H3,(H,55,56);/q;+1/p-1/t41-,42?,45?,46?,47?,48?;/m1./s1. The number of aliphatic hydroxyl groups excluding tert-OH is 4. The van der Waals surface area contributed by atoms with E-state index in [2.05, 4.69) is 13.8 Å². The third-order valence-corrected chi connectivity index (χ3v) is 12.7. The molecule has 1 rings (SSSR count). The van der Waals surface area contributed by atoms with E-state index in [1.807, 2.05) is 0 Å². The van der Waals surface area contributed by atoms with Crippen LogP contribution >= 0.6 is 7.82 Å². The van der Waals surface area contributed by atoms with Crippen molar-refractivity contribution in [3.8, 4) is 0 Å². The van der Waals surface area contributed by atoms with Crippen molar-refractivity contribution < 1.29 is 97.0 Å². The van der Waals surface area contributed by atoms with Crippen LogP contribution in [0.4, 0.5) is 0 Å². The fraction of sp³-hybridized carbons (Fsp3) is 0.958. The fourth-order valence-electron chi connectivity index (χ4n) is 7.75. The quantitative estimate of drug-likeness (QED) is 0.0217. The Morgan fingerprint density at radius 1 is 0.547 bits per heavy atom. The molecule has 1 fully saturated rings. The van der Waals surface area contributed by atoms with E-state index in [1.54, 1.807) is 0 Å². The number of ether oxygens (including phenoxy) is 4. The van der Waals surface area contributed by atoms with Crippen molar-refractivity contribution in [1.29, 1.82) is 0 Å². The molecule has 64 heavy (non-hydrogen) atoms. The Kier molecular flexibility index (Phi) is 43.9. The van der Waals surface area contributed by atoms with Gasteiger partial charge in [0.2, 0.25) is 0 Å². The first-order valence-corrected chi connectivity index (χ1v) is 26.9. The number of hydrogen-bond donors (Lipinski definition) is 4. The van der Waals surface area contributed by atoms with Gasteiger partial charge in [-0.2, -0.15) is 0 Å². The molecule has 0 radical (unpaired) electrons. The molecule has 14 nitrogen and oxygen atoms in total. The minimum absolute atomic E-state index is 0. The number of carbonyl (C=O) groups excluding carboxylic acids is 2. The van der Waals surface area contributed by atoms with Crippen LogP contribution in [0.5, 0.6) is 0 Å². The third kappa shape index (κ3) is 35.9. The first-order valence-electron chi connectivity index (χ1n) is 25.4. The molecule has 0 amide bonds. The molecule has 0 aromatic rings. The van der Waals surface area contributed by atoms with Crippen LogP contribution in [0.25, 0.3) is 0 Å². The summed E-state index contributed by atoms with van der Waals surface area (Å²) >= 11 is 0. The monoisotopic (exact) mass is 947 g/mol. The van der Waals surface area contributed by atoms with Gasteiger partial charge in [0.05, 0.1) is 26.4 Å². The summed E-state index contributed by atoms with van der Waals surface area (Å²) < 4.78 is 44.1. The molecule has 374 valence electrons. The SMILES string of the molecule is CCCCCCCCCCCCCCCCCC(=O)OC[C@H](COP(=O)([O-])OCCCOC1OC(CO)C(O)C(O)C1O)OC(=O)CCCCCCCCCCCCCCCCC.[Na+]. The summed E-state index contributed by atoms with van der Waals surface area (Å²) in [6.45, 7) is 2.41. The van der Waals surface area contributed by atoms with Crippen LogP contribution in [-0.2, 0) is 42.1 Å². The predicted molar refractivity (Wildman–Crippen MR) is 244 cm³/mol. The minimum Gasteiger partial charge on any atom is -0.756 e. The fourth-order valence-corrected chi connectivity index (χ4v) is 8.53. The van der Waals surface area contributed by atoms with Crippen LogP contribution in [0, 0.1) is 0 Å². The van der Waals surface area contributed by atoms with Gasteiger partial charge in [-0.05, 0) is 19.3 Å². The van der Waals surface area contributed by atoms with E-state index < -0.39 is 69.8 Å². The van der Waals surface area contributed by atoms with E-state index in [4.69, 9.17) is 28.0 Å². The Labute approximate surface area is 410 Å². The van der Waals surface area contributed by atoms with Gasteiger partial charge in [-0.3, -0.25) is 14.2 Å². The second-order valence-electron chi connectivity index (χ2n) is 17.7. The Balaban J connectivity index is 0.0000397. The number of aliphatic hydroxyl groups is 4. The maximum atomic E-state index is 12.8. The molecule has 0 aliphatic carbocycles. The maximum absolute atomic E-state index is 12.8. The van der Waals surface area contributed by atoms with E-state index in [9.17, 15) is 39.5 Å². The smallest absolute Gasteiger partial charge is 0.756 e. The molecule has 16 heteroatoms. The molecule has 1 aliphatic heterocycles. The maximum Gasteiger partial charge on any atom is 1.00 e. The van der Waals surface area contributed by atoms with Crippen molar-refractivity contribution in [1.82, 2.24) is 0 Å². The second kappa shape index (κ2) is 44.0. The van der Waals surface area contributed by atoms with Crippen molar-refractivity contribution >= 4 is 19.8 Å². The van der Waals surface area contributed by atoms with Gasteiger partial charge in [0.15, 0.2) is 12.4 Å². The van der Waals surface area contributed by atoms with Crippen molar-refractivity contribution in [2.45, 2.75) is 263 Å². The van der Waals surface area contributed by atoms with E-state index in [0.29, 0.717) is 12.8 Å². The Morgan fingerprint density at radius 2 is 0.953 bits per heavy atom. The Bertz CT molecular complexity index is 1120. The van der Waals surface area contributed by atoms with Crippen molar-refractivity contribution in [3.63, 3.8) is 0 Å². The molecule has 4 N–H and O–H groups in total. The number of phosphoric acid groups is 1.